The predicted octanol–water partition coefficient (Wildman–Crippen LogP) is 3.06. The van der Waals surface area contributed by atoms with E-state index < -0.39 is 12.2 Å². The molecule has 0 heterocycles. The Balaban J connectivity index is 4.41. The van der Waals surface area contributed by atoms with Crippen LogP contribution in [0, 0.1) is 0 Å². The highest BCUT2D eigenvalue weighted by atomic mass is 19.4. The van der Waals surface area contributed by atoms with Crippen LogP contribution in [0.3, 0.4) is 0 Å². The van der Waals surface area contributed by atoms with Gasteiger partial charge in [0.1, 0.15) is 6.04 Å². The third-order valence-electron chi connectivity index (χ3n) is 2.25. The third-order valence-corrected chi connectivity index (χ3v) is 2.25. The molecule has 80 valence electrons. The molecule has 0 aromatic rings. The molecule has 0 rings (SSSR count). The fourth-order valence-electron chi connectivity index (χ4n) is 1.23. The summed E-state index contributed by atoms with van der Waals surface area (Å²) in [6.07, 6.45) is -3.37. The first-order valence-corrected chi connectivity index (χ1v) is 4.59. The maximum absolute atomic E-state index is 12.5. The van der Waals surface area contributed by atoms with Crippen molar-refractivity contribution >= 4 is 0 Å². The lowest BCUT2D eigenvalue weighted by Gasteiger charge is -2.32. The van der Waals surface area contributed by atoms with E-state index in [0.717, 1.165) is 0 Å². The fourth-order valence-corrected chi connectivity index (χ4v) is 1.23. The molecule has 0 aliphatic rings. The second kappa shape index (κ2) is 4.84. The largest absolute Gasteiger partial charge is 0.404 e. The maximum Gasteiger partial charge on any atom is 0.404 e. The molecular formula is C9H18F3N. The minimum absolute atomic E-state index is 0.0711. The number of alkyl halides is 3. The number of hydrogen-bond acceptors (Lipinski definition) is 1. The molecule has 0 aromatic heterocycles. The molecule has 0 spiro atoms. The van der Waals surface area contributed by atoms with Gasteiger partial charge in [-0.3, -0.25) is 4.90 Å². The second-order valence-corrected chi connectivity index (χ2v) is 3.61. The monoisotopic (exact) mass is 197 g/mol. The lowest BCUT2D eigenvalue weighted by Crippen LogP contribution is -2.46. The Bertz CT molecular complexity index is 142. The van der Waals surface area contributed by atoms with Crippen LogP contribution in [0.4, 0.5) is 13.2 Å². The highest BCUT2D eigenvalue weighted by molar-refractivity contribution is 4.78. The SMILES string of the molecule is CCCC(N(C)C(C)C)C(F)(F)F. The number of hydrogen-bond donors (Lipinski definition) is 0. The van der Waals surface area contributed by atoms with E-state index in [1.54, 1.807) is 20.8 Å². The molecule has 1 unspecified atom stereocenters. The number of rotatable bonds is 4. The van der Waals surface area contributed by atoms with E-state index in [1.165, 1.54) is 11.9 Å². The zero-order chi connectivity index (χ0) is 10.6. The molecule has 4 heteroatoms. The minimum Gasteiger partial charge on any atom is -0.293 e. The molecule has 13 heavy (non-hydrogen) atoms. The van der Waals surface area contributed by atoms with Gasteiger partial charge in [-0.1, -0.05) is 13.3 Å². The summed E-state index contributed by atoms with van der Waals surface area (Å²) < 4.78 is 37.4. The first kappa shape index (κ1) is 12.8. The van der Waals surface area contributed by atoms with Crippen LogP contribution < -0.4 is 0 Å². The van der Waals surface area contributed by atoms with Crippen LogP contribution in [0.1, 0.15) is 33.6 Å². The fraction of sp³-hybridized carbons (Fsp3) is 1.00. The van der Waals surface area contributed by atoms with Gasteiger partial charge in [0.2, 0.25) is 0 Å². The van der Waals surface area contributed by atoms with Crippen molar-refractivity contribution in [2.45, 2.75) is 51.9 Å². The van der Waals surface area contributed by atoms with E-state index in [4.69, 9.17) is 0 Å². The average Bonchev–Trinajstić information content (AvgIpc) is 1.96. The highest BCUT2D eigenvalue weighted by Gasteiger charge is 2.41. The molecule has 0 aromatic carbocycles. The quantitative estimate of drug-likeness (QED) is 0.669. The van der Waals surface area contributed by atoms with E-state index in [1.807, 2.05) is 0 Å². The van der Waals surface area contributed by atoms with Gasteiger partial charge in [0.05, 0.1) is 0 Å². The lowest BCUT2D eigenvalue weighted by molar-refractivity contribution is -0.186. The van der Waals surface area contributed by atoms with Gasteiger partial charge >= 0.3 is 6.18 Å². The number of halogens is 3. The topological polar surface area (TPSA) is 3.24 Å². The standard InChI is InChI=1S/C9H18F3N/c1-5-6-8(9(10,11)12)13(4)7(2)3/h7-8H,5-6H2,1-4H3. The minimum atomic E-state index is -4.10. The summed E-state index contributed by atoms with van der Waals surface area (Å²) in [7, 11) is 1.53. The van der Waals surface area contributed by atoms with Crippen molar-refractivity contribution in [3.63, 3.8) is 0 Å². The third kappa shape index (κ3) is 3.98. The Kier molecular flexibility index (Phi) is 4.75. The van der Waals surface area contributed by atoms with E-state index in [2.05, 4.69) is 0 Å². The summed E-state index contributed by atoms with van der Waals surface area (Å²) in [5.74, 6) is 0. The lowest BCUT2D eigenvalue weighted by atomic mass is 10.1. The van der Waals surface area contributed by atoms with Gasteiger partial charge in [-0.25, -0.2) is 0 Å². The van der Waals surface area contributed by atoms with Gasteiger partial charge in [-0.2, -0.15) is 13.2 Å². The Labute approximate surface area is 77.9 Å². The molecular weight excluding hydrogens is 179 g/mol. The molecule has 0 amide bonds. The maximum atomic E-state index is 12.5. The summed E-state index contributed by atoms with van der Waals surface area (Å²) in [6.45, 7) is 5.32. The molecule has 1 nitrogen and oxygen atoms in total. The molecule has 0 saturated heterocycles. The molecule has 0 bridgehead atoms. The second-order valence-electron chi connectivity index (χ2n) is 3.61. The molecule has 0 fully saturated rings. The molecule has 0 saturated carbocycles. The van der Waals surface area contributed by atoms with Crippen LogP contribution in [0.2, 0.25) is 0 Å². The van der Waals surface area contributed by atoms with Gasteiger partial charge < -0.3 is 0 Å². The van der Waals surface area contributed by atoms with Crippen molar-refractivity contribution in [2.24, 2.45) is 0 Å². The number of nitrogens with zero attached hydrogens (tertiary/aromatic N) is 1. The van der Waals surface area contributed by atoms with Crippen LogP contribution >= 0.6 is 0 Å². The normalized spacial score (nSPS) is 15.5. The molecule has 0 N–H and O–H groups in total. The van der Waals surface area contributed by atoms with Crippen LogP contribution in [-0.2, 0) is 0 Å². The van der Waals surface area contributed by atoms with E-state index in [0.29, 0.717) is 6.42 Å². The van der Waals surface area contributed by atoms with Crippen molar-refractivity contribution in [3.05, 3.63) is 0 Å². The van der Waals surface area contributed by atoms with Crippen molar-refractivity contribution in [2.75, 3.05) is 7.05 Å². The Morgan fingerprint density at radius 1 is 1.23 bits per heavy atom. The summed E-state index contributed by atoms with van der Waals surface area (Å²) >= 11 is 0. The first-order chi connectivity index (χ1) is 5.80. The van der Waals surface area contributed by atoms with Crippen molar-refractivity contribution in [1.29, 1.82) is 0 Å². The van der Waals surface area contributed by atoms with Crippen molar-refractivity contribution < 1.29 is 13.2 Å². The van der Waals surface area contributed by atoms with Crippen LogP contribution in [0.25, 0.3) is 0 Å². The first-order valence-electron chi connectivity index (χ1n) is 4.59. The summed E-state index contributed by atoms with van der Waals surface area (Å²) in [4.78, 5) is 1.38. The van der Waals surface area contributed by atoms with Crippen LogP contribution in [0.5, 0.6) is 0 Å². The van der Waals surface area contributed by atoms with Gasteiger partial charge in [0.15, 0.2) is 0 Å². The van der Waals surface area contributed by atoms with Crippen LogP contribution in [0.15, 0.2) is 0 Å². The van der Waals surface area contributed by atoms with E-state index >= 15 is 0 Å². The molecule has 0 aliphatic carbocycles. The summed E-state index contributed by atoms with van der Waals surface area (Å²) in [6, 6.07) is -1.37. The average molecular weight is 197 g/mol. The Hall–Kier alpha value is -0.250. The summed E-state index contributed by atoms with van der Waals surface area (Å²) in [5.41, 5.74) is 0. The van der Waals surface area contributed by atoms with Crippen molar-refractivity contribution in [3.8, 4) is 0 Å². The van der Waals surface area contributed by atoms with Gasteiger partial charge in [0.25, 0.3) is 0 Å². The van der Waals surface area contributed by atoms with Gasteiger partial charge in [0, 0.05) is 6.04 Å². The van der Waals surface area contributed by atoms with Crippen LogP contribution in [-0.4, -0.2) is 30.2 Å². The molecule has 0 radical (unpaired) electrons. The smallest absolute Gasteiger partial charge is 0.293 e. The zero-order valence-corrected chi connectivity index (χ0v) is 8.65. The Morgan fingerprint density at radius 3 is 1.92 bits per heavy atom. The molecule has 1 atom stereocenters. The predicted molar refractivity (Wildman–Crippen MR) is 47.7 cm³/mol. The van der Waals surface area contributed by atoms with Gasteiger partial charge in [-0.05, 0) is 27.3 Å². The highest BCUT2D eigenvalue weighted by Crippen LogP contribution is 2.28. The molecule has 0 aliphatic heterocycles. The summed E-state index contributed by atoms with van der Waals surface area (Å²) in [5, 5.41) is 0. The zero-order valence-electron chi connectivity index (χ0n) is 8.65. The van der Waals surface area contributed by atoms with Gasteiger partial charge in [-0.15, -0.1) is 0 Å². The van der Waals surface area contributed by atoms with E-state index in [9.17, 15) is 13.2 Å². The Morgan fingerprint density at radius 2 is 1.69 bits per heavy atom. The van der Waals surface area contributed by atoms with Crippen molar-refractivity contribution in [1.82, 2.24) is 4.90 Å². The van der Waals surface area contributed by atoms with E-state index in [-0.39, 0.29) is 12.5 Å².